The fourth-order valence-corrected chi connectivity index (χ4v) is 9.21. The second kappa shape index (κ2) is 6.99. The van der Waals surface area contributed by atoms with Crippen LogP contribution < -0.4 is 4.90 Å². The number of hydrogen-bond acceptors (Lipinski definition) is 2. The number of fused-ring (bicyclic) bond motifs is 1. The van der Waals surface area contributed by atoms with E-state index in [-0.39, 0.29) is 38.1 Å². The summed E-state index contributed by atoms with van der Waals surface area (Å²) in [6.07, 6.45) is 4.73. The summed E-state index contributed by atoms with van der Waals surface area (Å²) in [6, 6.07) is 9.39. The third kappa shape index (κ3) is 3.11. The van der Waals surface area contributed by atoms with Crippen molar-refractivity contribution < 1.29 is 9.59 Å². The zero-order valence-corrected chi connectivity index (χ0v) is 16.2. The highest BCUT2D eigenvalue weighted by Gasteiger charge is 2.58. The highest BCUT2D eigenvalue weighted by atomic mass is 31.8. The number of carbonyl (C=O) groups is 2. The Kier molecular flexibility index (Phi) is 5.19. The SMILES string of the molecule is CC/[PH](C)=[PH](/C)CC[C@@H]1C[C@@H]2C(=O)N(c3ccccc3)C(=O)[C@H]12. The molecule has 1 aromatic rings. The van der Waals surface area contributed by atoms with Crippen LogP contribution in [0.3, 0.4) is 0 Å². The van der Waals surface area contributed by atoms with Gasteiger partial charge >= 0.3 is 0 Å². The standard InChI is InChI=1S/C18H27NO2P2/c1-4-22(2)23(3)11-10-13-12-15-16(13)18(21)19(17(15)20)14-8-6-5-7-9-14/h5-9,13,15-16,22-23H,4,10-12H2,1-3H3/t13-,15+,16-/m1/s1. The molecule has 1 saturated carbocycles. The topological polar surface area (TPSA) is 37.4 Å². The van der Waals surface area contributed by atoms with E-state index in [1.54, 1.807) is 0 Å². The van der Waals surface area contributed by atoms with Crippen molar-refractivity contribution in [2.24, 2.45) is 17.8 Å². The molecule has 23 heavy (non-hydrogen) atoms. The van der Waals surface area contributed by atoms with E-state index in [0.29, 0.717) is 5.92 Å². The number of nitrogens with zero attached hydrogens (tertiary/aromatic N) is 1. The first-order chi connectivity index (χ1) is 11.0. The van der Waals surface area contributed by atoms with Crippen molar-refractivity contribution in [3.63, 3.8) is 0 Å². The van der Waals surface area contributed by atoms with Crippen LogP contribution in [-0.4, -0.2) is 37.5 Å². The summed E-state index contributed by atoms with van der Waals surface area (Å²) < 4.78 is 0. The van der Waals surface area contributed by atoms with Gasteiger partial charge in [-0.25, -0.2) is 0 Å². The first-order valence-electron chi connectivity index (χ1n) is 8.62. The number of anilines is 1. The van der Waals surface area contributed by atoms with E-state index < -0.39 is 0 Å². The summed E-state index contributed by atoms with van der Waals surface area (Å²) >= 11 is 0. The molecule has 0 N–H and O–H groups in total. The summed E-state index contributed by atoms with van der Waals surface area (Å²) in [5.74, 6) is 0.435. The van der Waals surface area contributed by atoms with Gasteiger partial charge in [0.2, 0.25) is 11.8 Å². The first-order valence-corrected chi connectivity index (χ1v) is 14.0. The van der Waals surface area contributed by atoms with Gasteiger partial charge in [0.05, 0.1) is 17.5 Å². The minimum atomic E-state index is -0.221. The monoisotopic (exact) mass is 351 g/mol. The van der Waals surface area contributed by atoms with E-state index in [9.17, 15) is 9.59 Å². The molecular formula is C18H27NO2P2. The van der Waals surface area contributed by atoms with Crippen LogP contribution >= 0.6 is 14.4 Å². The average Bonchev–Trinajstić information content (AvgIpc) is 2.72. The molecule has 3 rings (SSSR count). The minimum absolute atomic E-state index is 0.0262. The van der Waals surface area contributed by atoms with Crippen molar-refractivity contribution in [2.45, 2.75) is 19.8 Å². The average molecular weight is 351 g/mol. The van der Waals surface area contributed by atoms with E-state index >= 15 is 0 Å². The largest absolute Gasteiger partial charge is 0.274 e. The third-order valence-corrected chi connectivity index (χ3v) is 15.4. The summed E-state index contributed by atoms with van der Waals surface area (Å²) in [5, 5.41) is 0. The summed E-state index contributed by atoms with van der Waals surface area (Å²) in [5.41, 5.74) is 0.737. The molecule has 0 aromatic heterocycles. The lowest BCUT2D eigenvalue weighted by atomic mass is 9.65. The number of hydrogen-bond donors (Lipinski definition) is 0. The maximum atomic E-state index is 12.7. The second-order valence-electron chi connectivity index (χ2n) is 6.93. The molecular weight excluding hydrogens is 324 g/mol. The molecule has 1 aliphatic heterocycles. The summed E-state index contributed by atoms with van der Waals surface area (Å²) in [6.45, 7) is 7.21. The number of carbonyl (C=O) groups excluding carboxylic acids is 2. The minimum Gasteiger partial charge on any atom is -0.274 e. The molecule has 0 radical (unpaired) electrons. The second-order valence-corrected chi connectivity index (χ2v) is 16.4. The molecule has 5 heteroatoms. The molecule has 1 aliphatic carbocycles. The van der Waals surface area contributed by atoms with Gasteiger partial charge in [0.1, 0.15) is 0 Å². The molecule has 2 aliphatic rings. The third-order valence-electron chi connectivity index (χ3n) is 5.70. The van der Waals surface area contributed by atoms with Gasteiger partial charge in [-0.1, -0.05) is 25.1 Å². The Morgan fingerprint density at radius 3 is 2.43 bits per heavy atom. The number of amides is 2. The van der Waals surface area contributed by atoms with Crippen molar-refractivity contribution in [3.05, 3.63) is 30.3 Å². The quantitative estimate of drug-likeness (QED) is 0.597. The van der Waals surface area contributed by atoms with Crippen LogP contribution in [0.15, 0.2) is 30.3 Å². The van der Waals surface area contributed by atoms with Crippen molar-refractivity contribution in [1.82, 2.24) is 0 Å². The molecule has 1 saturated heterocycles. The Morgan fingerprint density at radius 2 is 1.78 bits per heavy atom. The zero-order chi connectivity index (χ0) is 16.6. The van der Waals surface area contributed by atoms with Gasteiger partial charge in [0.15, 0.2) is 0 Å². The predicted octanol–water partition coefficient (Wildman–Crippen LogP) is 3.83. The molecule has 5 atom stereocenters. The number of benzene rings is 1. The zero-order valence-electron chi connectivity index (χ0n) is 14.2. The van der Waals surface area contributed by atoms with Gasteiger partial charge in [-0.15, -0.1) is 14.4 Å². The van der Waals surface area contributed by atoms with Crippen molar-refractivity contribution in [3.8, 4) is 0 Å². The molecule has 2 amide bonds. The first kappa shape index (κ1) is 17.1. The van der Waals surface area contributed by atoms with Gasteiger partial charge < -0.3 is 0 Å². The highest BCUT2D eigenvalue weighted by molar-refractivity contribution is 8.02. The Labute approximate surface area is 140 Å². The van der Waals surface area contributed by atoms with E-state index in [0.717, 1.165) is 18.5 Å². The van der Waals surface area contributed by atoms with Gasteiger partial charge in [-0.05, 0) is 56.5 Å². The molecule has 2 fully saturated rings. The lowest BCUT2D eigenvalue weighted by Gasteiger charge is -2.36. The molecule has 0 spiro atoms. The molecule has 3 nitrogen and oxygen atoms in total. The van der Waals surface area contributed by atoms with Crippen LogP contribution in [0.5, 0.6) is 0 Å². The van der Waals surface area contributed by atoms with Crippen LogP contribution in [0.1, 0.15) is 19.8 Å². The number of rotatable bonds is 5. The molecule has 1 aromatic carbocycles. The van der Waals surface area contributed by atoms with Crippen molar-refractivity contribution >= 4 is 31.9 Å². The summed E-state index contributed by atoms with van der Waals surface area (Å²) in [7, 11) is -0.367. The lowest BCUT2D eigenvalue weighted by Crippen LogP contribution is -2.39. The molecule has 1 heterocycles. The maximum absolute atomic E-state index is 12.7. The van der Waals surface area contributed by atoms with Crippen molar-refractivity contribution in [2.75, 3.05) is 30.6 Å². The summed E-state index contributed by atoms with van der Waals surface area (Å²) in [4.78, 5) is 26.7. The molecule has 126 valence electrons. The van der Waals surface area contributed by atoms with Crippen LogP contribution in [0.25, 0.3) is 0 Å². The van der Waals surface area contributed by atoms with Crippen LogP contribution in [0.2, 0.25) is 0 Å². The van der Waals surface area contributed by atoms with Gasteiger partial charge in [-0.2, -0.15) is 0 Å². The smallest absolute Gasteiger partial charge is 0.237 e. The number of para-hydroxylation sites is 1. The lowest BCUT2D eigenvalue weighted by molar-refractivity contribution is -0.128. The van der Waals surface area contributed by atoms with Crippen LogP contribution in [0.4, 0.5) is 5.69 Å². The van der Waals surface area contributed by atoms with Crippen LogP contribution in [0, 0.1) is 17.8 Å². The van der Waals surface area contributed by atoms with Gasteiger partial charge in [-0.3, -0.25) is 14.5 Å². The number of imide groups is 1. The normalized spacial score (nSPS) is 29.2. The van der Waals surface area contributed by atoms with Crippen molar-refractivity contribution in [1.29, 1.82) is 0 Å². The van der Waals surface area contributed by atoms with E-state index in [1.807, 2.05) is 30.3 Å². The van der Waals surface area contributed by atoms with E-state index in [4.69, 9.17) is 0 Å². The van der Waals surface area contributed by atoms with Gasteiger partial charge in [0.25, 0.3) is 0 Å². The van der Waals surface area contributed by atoms with E-state index in [2.05, 4.69) is 20.3 Å². The Balaban J connectivity index is 1.69. The fraction of sp³-hybridized carbons (Fsp3) is 0.556. The Bertz CT molecular complexity index is 656. The molecule has 2 unspecified atom stereocenters. The fourth-order valence-electron chi connectivity index (χ4n) is 3.85. The maximum Gasteiger partial charge on any atom is 0.237 e. The highest BCUT2D eigenvalue weighted by Crippen LogP contribution is 2.52. The van der Waals surface area contributed by atoms with Crippen LogP contribution in [-0.2, 0) is 9.59 Å². The Morgan fingerprint density at radius 1 is 1.09 bits per heavy atom. The molecule has 0 bridgehead atoms. The van der Waals surface area contributed by atoms with Gasteiger partial charge in [0, 0.05) is 0 Å². The van der Waals surface area contributed by atoms with E-state index in [1.165, 1.54) is 17.2 Å². The predicted molar refractivity (Wildman–Crippen MR) is 103 cm³/mol. The Hall–Kier alpha value is -0.780.